The summed E-state index contributed by atoms with van der Waals surface area (Å²) in [5.74, 6) is 0. The van der Waals surface area contributed by atoms with E-state index in [0.717, 1.165) is 6.54 Å². The lowest BCUT2D eigenvalue weighted by Crippen LogP contribution is -2.28. The van der Waals surface area contributed by atoms with Crippen LogP contribution in [0.5, 0.6) is 0 Å². The largest absolute Gasteiger partial charge is 0.313 e. The first kappa shape index (κ1) is 11.6. The predicted octanol–water partition coefficient (Wildman–Crippen LogP) is 3.17. The van der Waals surface area contributed by atoms with Gasteiger partial charge in [-0.3, -0.25) is 0 Å². The minimum absolute atomic E-state index is 0.578. The molecule has 14 heavy (non-hydrogen) atoms. The molecule has 0 aromatic heterocycles. The van der Waals surface area contributed by atoms with Crippen LogP contribution in [0.25, 0.3) is 0 Å². The Balaban J connectivity index is 2.30. The smallest absolute Gasteiger partial charge is 0.0191 e. The second-order valence-corrected chi connectivity index (χ2v) is 5.32. The van der Waals surface area contributed by atoms with E-state index in [9.17, 15) is 0 Å². The van der Waals surface area contributed by atoms with Crippen LogP contribution in [0, 0.1) is 0 Å². The van der Waals surface area contributed by atoms with Crippen molar-refractivity contribution in [2.45, 2.75) is 37.0 Å². The lowest BCUT2D eigenvalue weighted by molar-refractivity contribution is 0.589. The molecule has 1 nitrogen and oxygen atoms in total. The van der Waals surface area contributed by atoms with Gasteiger partial charge in [0.15, 0.2) is 0 Å². The van der Waals surface area contributed by atoms with Crippen LogP contribution in [0.4, 0.5) is 0 Å². The van der Waals surface area contributed by atoms with Crippen molar-refractivity contribution in [3.8, 4) is 0 Å². The Hall–Kier alpha value is -0.470. The van der Waals surface area contributed by atoms with Gasteiger partial charge in [-0.1, -0.05) is 39.0 Å². The van der Waals surface area contributed by atoms with E-state index >= 15 is 0 Å². The monoisotopic (exact) mass is 209 g/mol. The van der Waals surface area contributed by atoms with Crippen LogP contribution in [-0.4, -0.2) is 17.8 Å². The maximum absolute atomic E-state index is 3.44. The van der Waals surface area contributed by atoms with E-state index < -0.39 is 0 Å². The SMILES string of the molecule is CC(C)NCC(C)Sc1ccccc1. The van der Waals surface area contributed by atoms with Gasteiger partial charge in [0.05, 0.1) is 0 Å². The standard InChI is InChI=1S/C12H19NS/c1-10(2)13-9-11(3)14-12-7-5-4-6-8-12/h4-8,10-11,13H,9H2,1-3H3. The molecule has 0 saturated heterocycles. The highest BCUT2D eigenvalue weighted by Crippen LogP contribution is 2.21. The minimum Gasteiger partial charge on any atom is -0.313 e. The third kappa shape index (κ3) is 4.68. The van der Waals surface area contributed by atoms with Crippen molar-refractivity contribution in [3.05, 3.63) is 30.3 Å². The Kier molecular flexibility index (Phi) is 5.05. The summed E-state index contributed by atoms with van der Waals surface area (Å²) in [6.07, 6.45) is 0. The van der Waals surface area contributed by atoms with E-state index in [0.29, 0.717) is 11.3 Å². The van der Waals surface area contributed by atoms with Crippen molar-refractivity contribution in [1.29, 1.82) is 0 Å². The van der Waals surface area contributed by atoms with Crippen LogP contribution in [0.2, 0.25) is 0 Å². The lowest BCUT2D eigenvalue weighted by Gasteiger charge is -2.14. The van der Waals surface area contributed by atoms with Crippen LogP contribution in [0.15, 0.2) is 35.2 Å². The molecular weight excluding hydrogens is 190 g/mol. The third-order valence-corrected chi connectivity index (χ3v) is 3.01. The highest BCUT2D eigenvalue weighted by molar-refractivity contribution is 8.00. The molecule has 0 fully saturated rings. The molecule has 1 N–H and O–H groups in total. The second kappa shape index (κ2) is 6.10. The zero-order chi connectivity index (χ0) is 10.4. The third-order valence-electron chi connectivity index (χ3n) is 1.89. The highest BCUT2D eigenvalue weighted by atomic mass is 32.2. The Morgan fingerprint density at radius 2 is 1.79 bits per heavy atom. The van der Waals surface area contributed by atoms with Crippen LogP contribution in [0.1, 0.15) is 20.8 Å². The first-order chi connectivity index (χ1) is 6.68. The van der Waals surface area contributed by atoms with Crippen molar-refractivity contribution in [2.75, 3.05) is 6.54 Å². The molecule has 1 aromatic rings. The van der Waals surface area contributed by atoms with Gasteiger partial charge in [0.25, 0.3) is 0 Å². The molecular formula is C12H19NS. The molecule has 0 heterocycles. The van der Waals surface area contributed by atoms with Crippen molar-refractivity contribution in [1.82, 2.24) is 5.32 Å². The van der Waals surface area contributed by atoms with Gasteiger partial charge in [0.1, 0.15) is 0 Å². The Morgan fingerprint density at radius 1 is 1.14 bits per heavy atom. The van der Waals surface area contributed by atoms with E-state index in [4.69, 9.17) is 0 Å². The molecule has 0 aliphatic heterocycles. The summed E-state index contributed by atoms with van der Waals surface area (Å²) in [4.78, 5) is 1.35. The van der Waals surface area contributed by atoms with Crippen LogP contribution in [-0.2, 0) is 0 Å². The zero-order valence-corrected chi connectivity index (χ0v) is 9.97. The maximum Gasteiger partial charge on any atom is 0.0191 e. The van der Waals surface area contributed by atoms with E-state index in [-0.39, 0.29) is 0 Å². The molecule has 0 amide bonds. The average molecular weight is 209 g/mol. The maximum atomic E-state index is 3.44. The van der Waals surface area contributed by atoms with Crippen LogP contribution >= 0.6 is 11.8 Å². The van der Waals surface area contributed by atoms with Crippen LogP contribution < -0.4 is 5.32 Å². The summed E-state index contributed by atoms with van der Waals surface area (Å²) >= 11 is 1.92. The van der Waals surface area contributed by atoms with Gasteiger partial charge >= 0.3 is 0 Å². The van der Waals surface area contributed by atoms with E-state index in [2.05, 4.69) is 56.4 Å². The number of rotatable bonds is 5. The molecule has 1 rings (SSSR count). The summed E-state index contributed by atoms with van der Waals surface area (Å²) < 4.78 is 0. The number of nitrogens with one attached hydrogen (secondary N) is 1. The molecule has 0 aliphatic carbocycles. The fourth-order valence-electron chi connectivity index (χ4n) is 1.17. The van der Waals surface area contributed by atoms with Gasteiger partial charge in [-0.25, -0.2) is 0 Å². The minimum atomic E-state index is 0.578. The number of hydrogen-bond donors (Lipinski definition) is 1. The highest BCUT2D eigenvalue weighted by Gasteiger charge is 2.04. The Labute approximate surface area is 91.3 Å². The van der Waals surface area contributed by atoms with Crippen molar-refractivity contribution in [3.63, 3.8) is 0 Å². The molecule has 0 aliphatic rings. The van der Waals surface area contributed by atoms with Gasteiger partial charge in [0, 0.05) is 22.7 Å². The molecule has 1 aromatic carbocycles. The number of hydrogen-bond acceptors (Lipinski definition) is 2. The summed E-state index contributed by atoms with van der Waals surface area (Å²) in [5, 5.41) is 4.07. The lowest BCUT2D eigenvalue weighted by atomic mass is 10.3. The molecule has 78 valence electrons. The van der Waals surface area contributed by atoms with Gasteiger partial charge in [-0.2, -0.15) is 0 Å². The first-order valence-electron chi connectivity index (χ1n) is 5.13. The summed E-state index contributed by atoms with van der Waals surface area (Å²) in [7, 11) is 0. The number of thioether (sulfide) groups is 1. The molecule has 0 bridgehead atoms. The van der Waals surface area contributed by atoms with E-state index in [1.165, 1.54) is 4.90 Å². The van der Waals surface area contributed by atoms with Gasteiger partial charge < -0.3 is 5.32 Å². The summed E-state index contributed by atoms with van der Waals surface area (Å²) in [6, 6.07) is 11.1. The fraction of sp³-hybridized carbons (Fsp3) is 0.500. The molecule has 0 saturated carbocycles. The first-order valence-corrected chi connectivity index (χ1v) is 6.01. The van der Waals surface area contributed by atoms with Gasteiger partial charge in [0.2, 0.25) is 0 Å². The van der Waals surface area contributed by atoms with E-state index in [1.54, 1.807) is 0 Å². The van der Waals surface area contributed by atoms with Crippen molar-refractivity contribution < 1.29 is 0 Å². The fourth-order valence-corrected chi connectivity index (χ4v) is 2.13. The Bertz CT molecular complexity index is 246. The van der Waals surface area contributed by atoms with E-state index in [1.807, 2.05) is 11.8 Å². The van der Waals surface area contributed by atoms with Crippen molar-refractivity contribution >= 4 is 11.8 Å². The predicted molar refractivity (Wildman–Crippen MR) is 64.9 cm³/mol. The molecule has 2 heteroatoms. The van der Waals surface area contributed by atoms with Crippen molar-refractivity contribution in [2.24, 2.45) is 0 Å². The van der Waals surface area contributed by atoms with Gasteiger partial charge in [-0.15, -0.1) is 11.8 Å². The normalized spacial score (nSPS) is 13.1. The number of benzene rings is 1. The molecule has 1 unspecified atom stereocenters. The summed E-state index contributed by atoms with van der Waals surface area (Å²) in [6.45, 7) is 7.68. The second-order valence-electron chi connectivity index (χ2n) is 3.80. The Morgan fingerprint density at radius 3 is 2.36 bits per heavy atom. The average Bonchev–Trinajstić information content (AvgIpc) is 2.16. The quantitative estimate of drug-likeness (QED) is 0.748. The van der Waals surface area contributed by atoms with Gasteiger partial charge in [-0.05, 0) is 12.1 Å². The zero-order valence-electron chi connectivity index (χ0n) is 9.16. The molecule has 0 spiro atoms. The van der Waals surface area contributed by atoms with Crippen LogP contribution in [0.3, 0.4) is 0 Å². The topological polar surface area (TPSA) is 12.0 Å². The molecule has 0 radical (unpaired) electrons. The molecule has 1 atom stereocenters. The summed E-state index contributed by atoms with van der Waals surface area (Å²) in [5.41, 5.74) is 0.